The number of benzene rings is 1. The molecule has 9 heteroatoms. The third-order valence-corrected chi connectivity index (χ3v) is 7.27. The smallest absolute Gasteiger partial charge is 0.407 e. The van der Waals surface area contributed by atoms with Crippen LogP contribution in [0.2, 0.25) is 5.02 Å². The molecule has 3 rings (SSSR count). The molecule has 29 heavy (non-hydrogen) atoms. The van der Waals surface area contributed by atoms with Crippen molar-refractivity contribution in [2.45, 2.75) is 49.7 Å². The minimum atomic E-state index is -3.72. The van der Waals surface area contributed by atoms with Crippen LogP contribution < -0.4 is 5.32 Å². The summed E-state index contributed by atoms with van der Waals surface area (Å²) in [6, 6.07) is 9.11. The number of halogens is 1. The van der Waals surface area contributed by atoms with Crippen LogP contribution in [0.15, 0.2) is 53.7 Å². The number of nitrogens with zero attached hydrogens (tertiary/aromatic N) is 2. The van der Waals surface area contributed by atoms with Gasteiger partial charge < -0.3 is 10.1 Å². The Kier molecular flexibility index (Phi) is 7.10. The summed E-state index contributed by atoms with van der Waals surface area (Å²) in [5, 5.41) is 3.14. The molecule has 1 aromatic carbocycles. The molecule has 0 spiro atoms. The average molecular weight is 438 g/mol. The molecule has 2 aromatic rings. The van der Waals surface area contributed by atoms with E-state index in [1.54, 1.807) is 36.7 Å². The van der Waals surface area contributed by atoms with Crippen molar-refractivity contribution in [1.82, 2.24) is 14.6 Å². The normalized spacial score (nSPS) is 20.2. The minimum Gasteiger partial charge on any atom is -0.448 e. The molecule has 1 aliphatic rings. The van der Waals surface area contributed by atoms with Crippen LogP contribution in [0.4, 0.5) is 4.79 Å². The number of piperidine rings is 1. The molecule has 2 atom stereocenters. The van der Waals surface area contributed by atoms with Gasteiger partial charge in [0.2, 0.25) is 10.0 Å². The average Bonchev–Trinajstić information content (AvgIpc) is 2.71. The predicted molar refractivity (Wildman–Crippen MR) is 110 cm³/mol. The third-order valence-electron chi connectivity index (χ3n) is 4.94. The van der Waals surface area contributed by atoms with Gasteiger partial charge in [0, 0.05) is 30.0 Å². The molecule has 0 aliphatic carbocycles. The SMILES string of the molecule is C[C@@H]1CCC[C@H](COC(=O)NCc2ccncc2)N1S(=O)(=O)c1ccc(Cl)cc1. The van der Waals surface area contributed by atoms with E-state index in [1.807, 2.05) is 6.92 Å². The fraction of sp³-hybridized carbons (Fsp3) is 0.400. The highest BCUT2D eigenvalue weighted by molar-refractivity contribution is 7.89. The predicted octanol–water partition coefficient (Wildman–Crippen LogP) is 3.59. The lowest BCUT2D eigenvalue weighted by Gasteiger charge is -2.39. The number of rotatable bonds is 6. The van der Waals surface area contributed by atoms with Gasteiger partial charge in [-0.2, -0.15) is 4.31 Å². The van der Waals surface area contributed by atoms with Crippen molar-refractivity contribution < 1.29 is 17.9 Å². The molecule has 1 aliphatic heterocycles. The van der Waals surface area contributed by atoms with Gasteiger partial charge in [0.25, 0.3) is 0 Å². The van der Waals surface area contributed by atoms with Crippen molar-refractivity contribution in [3.05, 3.63) is 59.4 Å². The molecule has 0 radical (unpaired) electrons. The summed E-state index contributed by atoms with van der Waals surface area (Å²) in [5.41, 5.74) is 0.898. The second-order valence-electron chi connectivity index (χ2n) is 7.03. The number of carbonyl (C=O) groups excluding carboxylic acids is 1. The van der Waals surface area contributed by atoms with E-state index in [1.165, 1.54) is 16.4 Å². The van der Waals surface area contributed by atoms with Gasteiger partial charge >= 0.3 is 6.09 Å². The van der Waals surface area contributed by atoms with Gasteiger partial charge in [0.1, 0.15) is 6.61 Å². The standard InChI is InChI=1S/C20H24ClN3O4S/c1-15-3-2-4-18(14-28-20(25)23-13-16-9-11-22-12-10-16)24(15)29(26,27)19-7-5-17(21)6-8-19/h5-12,15,18H,2-4,13-14H2,1H3,(H,23,25)/t15-,18-/m1/s1. The first kappa shape index (κ1) is 21.5. The molecular formula is C20H24ClN3O4S. The van der Waals surface area contributed by atoms with Crippen molar-refractivity contribution in [3.63, 3.8) is 0 Å². The van der Waals surface area contributed by atoms with E-state index in [4.69, 9.17) is 16.3 Å². The van der Waals surface area contributed by atoms with Gasteiger partial charge in [-0.15, -0.1) is 0 Å². The number of amides is 1. The Morgan fingerprint density at radius 2 is 1.90 bits per heavy atom. The van der Waals surface area contributed by atoms with Gasteiger partial charge in [-0.3, -0.25) is 4.98 Å². The number of aromatic nitrogens is 1. The molecular weight excluding hydrogens is 414 g/mol. The number of hydrogen-bond donors (Lipinski definition) is 1. The Morgan fingerprint density at radius 1 is 1.21 bits per heavy atom. The molecule has 0 bridgehead atoms. The van der Waals surface area contributed by atoms with Crippen LogP contribution >= 0.6 is 11.6 Å². The van der Waals surface area contributed by atoms with Crippen molar-refractivity contribution in [2.24, 2.45) is 0 Å². The minimum absolute atomic E-state index is 0.000656. The molecule has 2 heterocycles. The third kappa shape index (κ3) is 5.46. The summed E-state index contributed by atoms with van der Waals surface area (Å²) >= 11 is 5.89. The first-order valence-electron chi connectivity index (χ1n) is 9.46. The Labute approximate surface area is 176 Å². The summed E-state index contributed by atoms with van der Waals surface area (Å²) in [6.07, 6.45) is 4.98. The number of nitrogens with one attached hydrogen (secondary N) is 1. The van der Waals surface area contributed by atoms with E-state index in [2.05, 4.69) is 10.3 Å². The highest BCUT2D eigenvalue weighted by atomic mass is 35.5. The van der Waals surface area contributed by atoms with Gasteiger partial charge in [-0.1, -0.05) is 18.0 Å². The lowest BCUT2D eigenvalue weighted by Crippen LogP contribution is -2.51. The lowest BCUT2D eigenvalue weighted by molar-refractivity contribution is 0.0890. The summed E-state index contributed by atoms with van der Waals surface area (Å²) in [6.45, 7) is 2.19. The second kappa shape index (κ2) is 9.56. The van der Waals surface area contributed by atoms with Gasteiger partial charge in [-0.05, 0) is 61.7 Å². The fourth-order valence-corrected chi connectivity index (χ4v) is 5.47. The lowest BCUT2D eigenvalue weighted by atomic mass is 10.0. The maximum absolute atomic E-state index is 13.2. The molecule has 7 nitrogen and oxygen atoms in total. The van der Waals surface area contributed by atoms with Gasteiger partial charge in [0.05, 0.1) is 10.9 Å². The first-order valence-corrected chi connectivity index (χ1v) is 11.3. The zero-order valence-electron chi connectivity index (χ0n) is 16.1. The number of alkyl carbamates (subject to hydrolysis) is 1. The highest BCUT2D eigenvalue weighted by Crippen LogP contribution is 2.30. The molecule has 1 amide bonds. The largest absolute Gasteiger partial charge is 0.448 e. The number of pyridine rings is 1. The van der Waals surface area contributed by atoms with E-state index in [-0.39, 0.29) is 17.5 Å². The second-order valence-corrected chi connectivity index (χ2v) is 9.31. The van der Waals surface area contributed by atoms with Crippen LogP contribution in [0.1, 0.15) is 31.7 Å². The van der Waals surface area contributed by atoms with Crippen LogP contribution in [0.5, 0.6) is 0 Å². The van der Waals surface area contributed by atoms with E-state index in [0.29, 0.717) is 18.0 Å². The van der Waals surface area contributed by atoms with Crippen LogP contribution in [0, 0.1) is 0 Å². The molecule has 0 saturated carbocycles. The van der Waals surface area contributed by atoms with Crippen LogP contribution in [0.3, 0.4) is 0 Å². The Balaban J connectivity index is 1.65. The van der Waals surface area contributed by atoms with E-state index >= 15 is 0 Å². The van der Waals surface area contributed by atoms with Crippen LogP contribution in [-0.4, -0.2) is 42.5 Å². The maximum atomic E-state index is 13.2. The Bertz CT molecular complexity index is 923. The van der Waals surface area contributed by atoms with E-state index in [0.717, 1.165) is 18.4 Å². The maximum Gasteiger partial charge on any atom is 0.407 e. The quantitative estimate of drug-likeness (QED) is 0.745. The number of carbonyl (C=O) groups is 1. The van der Waals surface area contributed by atoms with Crippen molar-refractivity contribution in [3.8, 4) is 0 Å². The van der Waals surface area contributed by atoms with E-state index in [9.17, 15) is 13.2 Å². The molecule has 1 fully saturated rings. The molecule has 1 aromatic heterocycles. The Morgan fingerprint density at radius 3 is 2.59 bits per heavy atom. The summed E-state index contributed by atoms with van der Waals surface area (Å²) in [4.78, 5) is 16.2. The van der Waals surface area contributed by atoms with Crippen LogP contribution in [-0.2, 0) is 21.3 Å². The number of ether oxygens (including phenoxy) is 1. The molecule has 156 valence electrons. The molecule has 1 N–H and O–H groups in total. The van der Waals surface area contributed by atoms with Crippen LogP contribution in [0.25, 0.3) is 0 Å². The van der Waals surface area contributed by atoms with E-state index < -0.39 is 22.2 Å². The zero-order chi connectivity index (χ0) is 20.9. The zero-order valence-corrected chi connectivity index (χ0v) is 17.7. The fourth-order valence-electron chi connectivity index (χ4n) is 3.48. The summed E-state index contributed by atoms with van der Waals surface area (Å²) in [5.74, 6) is 0. The monoisotopic (exact) mass is 437 g/mol. The molecule has 1 saturated heterocycles. The summed E-state index contributed by atoms with van der Waals surface area (Å²) < 4.78 is 33.2. The van der Waals surface area contributed by atoms with Gasteiger partial charge in [-0.25, -0.2) is 13.2 Å². The number of hydrogen-bond acceptors (Lipinski definition) is 5. The Hall–Kier alpha value is -2.16. The highest BCUT2D eigenvalue weighted by Gasteiger charge is 2.38. The molecule has 0 unspecified atom stereocenters. The van der Waals surface area contributed by atoms with Crippen molar-refractivity contribution >= 4 is 27.7 Å². The number of sulfonamides is 1. The van der Waals surface area contributed by atoms with Crippen molar-refractivity contribution in [2.75, 3.05) is 6.61 Å². The topological polar surface area (TPSA) is 88.6 Å². The van der Waals surface area contributed by atoms with Crippen molar-refractivity contribution in [1.29, 1.82) is 0 Å². The summed E-state index contributed by atoms with van der Waals surface area (Å²) in [7, 11) is -3.72. The van der Waals surface area contributed by atoms with Gasteiger partial charge in [0.15, 0.2) is 0 Å². The first-order chi connectivity index (χ1) is 13.9.